The lowest BCUT2D eigenvalue weighted by Crippen LogP contribution is -2.41. The first-order valence-electron chi connectivity index (χ1n) is 7.92. The third-order valence-corrected chi connectivity index (χ3v) is 7.05. The highest BCUT2D eigenvalue weighted by Gasteiger charge is 2.30. The topological polar surface area (TPSA) is 55.8 Å². The fourth-order valence-corrected chi connectivity index (χ4v) is 5.45. The quantitative estimate of drug-likeness (QED) is 0.823. The standard InChI is InChI=1S/C15H23NO4S2/c17-22(18,15-6-10-21-12-15)16-7-4-13(5-8-16)20-11-14-3-1-2-9-19-14/h6,10,12-14H,1-5,7-9,11H2. The summed E-state index contributed by atoms with van der Waals surface area (Å²) >= 11 is 1.41. The van der Waals surface area contributed by atoms with Gasteiger partial charge in [-0.05, 0) is 43.6 Å². The molecule has 1 atom stereocenters. The van der Waals surface area contributed by atoms with Crippen LogP contribution in [0.1, 0.15) is 32.1 Å². The molecule has 0 bridgehead atoms. The molecule has 0 aromatic carbocycles. The van der Waals surface area contributed by atoms with Gasteiger partial charge in [0.25, 0.3) is 0 Å². The van der Waals surface area contributed by atoms with Crippen molar-refractivity contribution in [3.63, 3.8) is 0 Å². The zero-order chi connectivity index (χ0) is 15.4. The Morgan fingerprint density at radius 1 is 1.27 bits per heavy atom. The zero-order valence-electron chi connectivity index (χ0n) is 12.6. The Morgan fingerprint density at radius 2 is 2.09 bits per heavy atom. The molecule has 3 heterocycles. The highest BCUT2D eigenvalue weighted by Crippen LogP contribution is 2.24. The lowest BCUT2D eigenvalue weighted by molar-refractivity contribution is -0.0714. The van der Waals surface area contributed by atoms with Crippen molar-refractivity contribution in [3.05, 3.63) is 16.8 Å². The summed E-state index contributed by atoms with van der Waals surface area (Å²) < 4.78 is 38.0. The minimum Gasteiger partial charge on any atom is -0.376 e. The molecule has 1 aromatic rings. The summed E-state index contributed by atoms with van der Waals surface area (Å²) in [7, 11) is -3.31. The summed E-state index contributed by atoms with van der Waals surface area (Å²) in [4.78, 5) is 0.410. The lowest BCUT2D eigenvalue weighted by Gasteiger charge is -2.32. The van der Waals surface area contributed by atoms with Crippen LogP contribution in [0.25, 0.3) is 0 Å². The Labute approximate surface area is 136 Å². The Morgan fingerprint density at radius 3 is 2.73 bits per heavy atom. The molecule has 2 fully saturated rings. The Kier molecular flexibility index (Phi) is 5.51. The van der Waals surface area contributed by atoms with Crippen LogP contribution in [0, 0.1) is 0 Å². The monoisotopic (exact) mass is 345 g/mol. The molecule has 0 aliphatic carbocycles. The van der Waals surface area contributed by atoms with Crippen LogP contribution < -0.4 is 0 Å². The van der Waals surface area contributed by atoms with E-state index in [0.29, 0.717) is 24.6 Å². The van der Waals surface area contributed by atoms with Crippen LogP contribution in [0.2, 0.25) is 0 Å². The van der Waals surface area contributed by atoms with E-state index in [9.17, 15) is 8.42 Å². The SMILES string of the molecule is O=S(=O)(c1ccsc1)N1CCC(OCC2CCCCO2)CC1. The van der Waals surface area contributed by atoms with Gasteiger partial charge in [-0.25, -0.2) is 8.42 Å². The Hall–Kier alpha value is -0.470. The molecule has 2 aliphatic heterocycles. The molecular weight excluding hydrogens is 322 g/mol. The van der Waals surface area contributed by atoms with Crippen molar-refractivity contribution in [1.82, 2.24) is 4.31 Å². The van der Waals surface area contributed by atoms with E-state index in [4.69, 9.17) is 9.47 Å². The number of thiophene rings is 1. The smallest absolute Gasteiger partial charge is 0.243 e. The largest absolute Gasteiger partial charge is 0.376 e. The van der Waals surface area contributed by atoms with Gasteiger partial charge in [0, 0.05) is 25.1 Å². The van der Waals surface area contributed by atoms with E-state index >= 15 is 0 Å². The van der Waals surface area contributed by atoms with E-state index in [1.807, 2.05) is 0 Å². The number of hydrogen-bond donors (Lipinski definition) is 0. The number of nitrogens with zero attached hydrogens (tertiary/aromatic N) is 1. The van der Waals surface area contributed by atoms with Crippen LogP contribution in [0.15, 0.2) is 21.7 Å². The second-order valence-electron chi connectivity index (χ2n) is 5.88. The molecule has 22 heavy (non-hydrogen) atoms. The molecule has 124 valence electrons. The van der Waals surface area contributed by atoms with Crippen LogP contribution in [0.5, 0.6) is 0 Å². The van der Waals surface area contributed by atoms with Crippen molar-refractivity contribution in [2.75, 3.05) is 26.3 Å². The van der Waals surface area contributed by atoms with Gasteiger partial charge >= 0.3 is 0 Å². The van der Waals surface area contributed by atoms with E-state index in [-0.39, 0.29) is 12.2 Å². The minimum absolute atomic E-state index is 0.152. The molecule has 7 heteroatoms. The second-order valence-corrected chi connectivity index (χ2v) is 8.60. The van der Waals surface area contributed by atoms with Crippen LogP contribution >= 0.6 is 11.3 Å². The summed E-state index contributed by atoms with van der Waals surface area (Å²) in [6.45, 7) is 2.55. The van der Waals surface area contributed by atoms with Crippen LogP contribution in [-0.2, 0) is 19.5 Å². The first-order chi connectivity index (χ1) is 10.7. The molecule has 5 nitrogen and oxygen atoms in total. The first kappa shape index (κ1) is 16.4. The number of piperidine rings is 1. The van der Waals surface area contributed by atoms with E-state index < -0.39 is 10.0 Å². The molecule has 2 saturated heterocycles. The van der Waals surface area contributed by atoms with Gasteiger partial charge in [-0.1, -0.05) is 0 Å². The zero-order valence-corrected chi connectivity index (χ0v) is 14.3. The van der Waals surface area contributed by atoms with Crippen molar-refractivity contribution in [2.45, 2.75) is 49.2 Å². The summed E-state index contributed by atoms with van der Waals surface area (Å²) in [5.74, 6) is 0. The van der Waals surface area contributed by atoms with Crippen LogP contribution in [0.3, 0.4) is 0 Å². The van der Waals surface area contributed by atoms with Gasteiger partial charge in [0.05, 0.1) is 23.7 Å². The van der Waals surface area contributed by atoms with Gasteiger partial charge in [-0.3, -0.25) is 0 Å². The number of sulfonamides is 1. The molecule has 0 spiro atoms. The summed E-state index contributed by atoms with van der Waals surface area (Å²) in [6, 6.07) is 1.67. The van der Waals surface area contributed by atoms with Crippen molar-refractivity contribution >= 4 is 21.4 Å². The highest BCUT2D eigenvalue weighted by atomic mass is 32.2. The van der Waals surface area contributed by atoms with E-state index in [1.54, 1.807) is 21.1 Å². The van der Waals surface area contributed by atoms with Crippen molar-refractivity contribution < 1.29 is 17.9 Å². The fourth-order valence-electron chi connectivity index (χ4n) is 2.97. The Balaban J connectivity index is 1.46. The highest BCUT2D eigenvalue weighted by molar-refractivity contribution is 7.89. The predicted molar refractivity (Wildman–Crippen MR) is 85.6 cm³/mol. The lowest BCUT2D eigenvalue weighted by atomic mass is 10.1. The Bertz CT molecular complexity index is 544. The number of rotatable bonds is 5. The van der Waals surface area contributed by atoms with Crippen molar-refractivity contribution in [3.8, 4) is 0 Å². The maximum Gasteiger partial charge on any atom is 0.243 e. The molecule has 2 aliphatic rings. The van der Waals surface area contributed by atoms with Crippen molar-refractivity contribution in [1.29, 1.82) is 0 Å². The maximum atomic E-state index is 12.4. The minimum atomic E-state index is -3.31. The number of ether oxygens (including phenoxy) is 2. The van der Waals surface area contributed by atoms with Gasteiger partial charge < -0.3 is 9.47 Å². The van der Waals surface area contributed by atoms with E-state index in [0.717, 1.165) is 32.3 Å². The van der Waals surface area contributed by atoms with Crippen LogP contribution in [0.4, 0.5) is 0 Å². The summed E-state index contributed by atoms with van der Waals surface area (Å²) in [5.41, 5.74) is 0. The molecule has 3 rings (SSSR count). The van der Waals surface area contributed by atoms with Gasteiger partial charge in [0.1, 0.15) is 0 Å². The summed E-state index contributed by atoms with van der Waals surface area (Å²) in [6.07, 6.45) is 5.33. The third-order valence-electron chi connectivity index (χ3n) is 4.33. The molecule has 0 amide bonds. The molecular formula is C15H23NO4S2. The normalized spacial score (nSPS) is 25.4. The molecule has 0 N–H and O–H groups in total. The van der Waals surface area contributed by atoms with Crippen molar-refractivity contribution in [2.24, 2.45) is 0 Å². The average molecular weight is 345 g/mol. The second kappa shape index (κ2) is 7.40. The molecule has 1 unspecified atom stereocenters. The van der Waals surface area contributed by atoms with E-state index in [2.05, 4.69) is 0 Å². The summed E-state index contributed by atoms with van der Waals surface area (Å²) in [5, 5.41) is 3.49. The molecule has 1 aromatic heterocycles. The van der Waals surface area contributed by atoms with Gasteiger partial charge in [0.2, 0.25) is 10.0 Å². The first-order valence-corrected chi connectivity index (χ1v) is 10.3. The third kappa shape index (κ3) is 3.89. The fraction of sp³-hybridized carbons (Fsp3) is 0.733. The van der Waals surface area contributed by atoms with Gasteiger partial charge in [-0.15, -0.1) is 0 Å². The van der Waals surface area contributed by atoms with Gasteiger partial charge in [-0.2, -0.15) is 15.6 Å². The molecule has 0 radical (unpaired) electrons. The average Bonchev–Trinajstić information content (AvgIpc) is 3.10. The number of hydrogen-bond acceptors (Lipinski definition) is 5. The van der Waals surface area contributed by atoms with E-state index in [1.165, 1.54) is 17.8 Å². The molecule has 0 saturated carbocycles. The van der Waals surface area contributed by atoms with Gasteiger partial charge in [0.15, 0.2) is 0 Å². The maximum absolute atomic E-state index is 12.4. The van der Waals surface area contributed by atoms with Crippen LogP contribution in [-0.4, -0.2) is 51.2 Å². The predicted octanol–water partition coefficient (Wildman–Crippen LogP) is 2.49.